The van der Waals surface area contributed by atoms with Crippen molar-refractivity contribution in [3.8, 4) is 11.1 Å². The lowest BCUT2D eigenvalue weighted by Crippen LogP contribution is -2.30. The van der Waals surface area contributed by atoms with Gasteiger partial charge in [-0.3, -0.25) is 9.48 Å². The van der Waals surface area contributed by atoms with E-state index in [2.05, 4.69) is 46.4 Å². The van der Waals surface area contributed by atoms with E-state index in [4.69, 9.17) is 0 Å². The monoisotopic (exact) mass is 402 g/mol. The number of carbonyl (C=O) groups excluding carboxylic acids is 1. The van der Waals surface area contributed by atoms with Crippen LogP contribution in [0.2, 0.25) is 0 Å². The molecule has 3 heterocycles. The predicted molar refractivity (Wildman–Crippen MR) is 117 cm³/mol. The van der Waals surface area contributed by atoms with Crippen LogP contribution in [0.3, 0.4) is 0 Å². The van der Waals surface area contributed by atoms with Gasteiger partial charge in [0.05, 0.1) is 17.9 Å². The Morgan fingerprint density at radius 2 is 1.83 bits per heavy atom. The summed E-state index contributed by atoms with van der Waals surface area (Å²) in [6, 6.07) is 12.4. The molecule has 7 heteroatoms. The fourth-order valence-electron chi connectivity index (χ4n) is 3.61. The van der Waals surface area contributed by atoms with Crippen LogP contribution in [0.5, 0.6) is 0 Å². The second-order valence-corrected chi connectivity index (χ2v) is 7.58. The number of pyridine rings is 1. The molecular formula is C23H26N6O. The first-order chi connectivity index (χ1) is 14.5. The molecule has 0 spiro atoms. The van der Waals surface area contributed by atoms with Crippen molar-refractivity contribution < 1.29 is 4.79 Å². The Hall–Kier alpha value is -3.48. The number of rotatable bonds is 6. The van der Waals surface area contributed by atoms with Gasteiger partial charge in [-0.15, -0.1) is 0 Å². The fourth-order valence-corrected chi connectivity index (χ4v) is 3.61. The molecule has 0 unspecified atom stereocenters. The lowest BCUT2D eigenvalue weighted by Gasteiger charge is -2.16. The number of carbonyl (C=O) groups is 1. The van der Waals surface area contributed by atoms with E-state index >= 15 is 0 Å². The van der Waals surface area contributed by atoms with Gasteiger partial charge in [0, 0.05) is 31.4 Å². The highest BCUT2D eigenvalue weighted by molar-refractivity contribution is 5.95. The maximum atomic E-state index is 12.8. The molecule has 1 amide bonds. The Balaban J connectivity index is 1.59. The first kappa shape index (κ1) is 19.8. The van der Waals surface area contributed by atoms with E-state index in [1.165, 1.54) is 5.56 Å². The van der Waals surface area contributed by atoms with Gasteiger partial charge < -0.3 is 4.90 Å². The zero-order valence-corrected chi connectivity index (χ0v) is 17.8. The van der Waals surface area contributed by atoms with Crippen LogP contribution < -0.4 is 0 Å². The molecule has 0 bridgehead atoms. The van der Waals surface area contributed by atoms with E-state index in [0.29, 0.717) is 6.54 Å². The first-order valence-electron chi connectivity index (χ1n) is 10.1. The van der Waals surface area contributed by atoms with Crippen LogP contribution >= 0.6 is 0 Å². The maximum absolute atomic E-state index is 12.8. The summed E-state index contributed by atoms with van der Waals surface area (Å²) in [7, 11) is 1.79. The lowest BCUT2D eigenvalue weighted by molar-refractivity contribution is -0.131. The van der Waals surface area contributed by atoms with E-state index in [1.807, 2.05) is 36.9 Å². The summed E-state index contributed by atoms with van der Waals surface area (Å²) in [6.07, 6.45) is 3.70. The summed E-state index contributed by atoms with van der Waals surface area (Å²) >= 11 is 0. The zero-order valence-electron chi connectivity index (χ0n) is 17.8. The average molecular weight is 403 g/mol. The van der Waals surface area contributed by atoms with Gasteiger partial charge >= 0.3 is 0 Å². The summed E-state index contributed by atoms with van der Waals surface area (Å²) in [5.41, 5.74) is 5.87. The van der Waals surface area contributed by atoms with Crippen LogP contribution in [0, 0.1) is 13.8 Å². The Morgan fingerprint density at radius 1 is 1.07 bits per heavy atom. The smallest absolute Gasteiger partial charge is 0.244 e. The minimum absolute atomic E-state index is 0.0343. The van der Waals surface area contributed by atoms with Crippen LogP contribution in [-0.2, 0) is 24.4 Å². The summed E-state index contributed by atoms with van der Waals surface area (Å²) in [5.74, 6) is -0.0343. The second kappa shape index (κ2) is 8.10. The third-order valence-corrected chi connectivity index (χ3v) is 5.30. The fraction of sp³-hybridized carbons (Fsp3) is 0.304. The molecule has 3 aromatic heterocycles. The molecule has 0 fully saturated rings. The summed E-state index contributed by atoms with van der Waals surface area (Å²) < 4.78 is 3.56. The number of hydrogen-bond acceptors (Lipinski definition) is 4. The standard InChI is InChI=1S/C23H26N6O/c1-5-28-13-11-19(26-28)14-27(4)21(30)15-29-23-22(17(3)25-29)20(10-12-24-23)18-8-6-16(2)7-9-18/h6-13H,5,14-15H2,1-4H3. The lowest BCUT2D eigenvalue weighted by atomic mass is 10.0. The van der Waals surface area contributed by atoms with Gasteiger partial charge in [0.2, 0.25) is 5.91 Å². The largest absolute Gasteiger partial charge is 0.338 e. The second-order valence-electron chi connectivity index (χ2n) is 7.58. The number of likely N-dealkylation sites (N-methyl/N-ethyl adjacent to an activating group) is 1. The Morgan fingerprint density at radius 3 is 2.53 bits per heavy atom. The SMILES string of the molecule is CCn1ccc(CN(C)C(=O)Cn2nc(C)c3c(-c4ccc(C)cc4)ccnc32)n1. The van der Waals surface area contributed by atoms with Gasteiger partial charge in [-0.1, -0.05) is 29.8 Å². The van der Waals surface area contributed by atoms with Crippen molar-refractivity contribution in [3.05, 3.63) is 65.7 Å². The molecule has 4 aromatic rings. The van der Waals surface area contributed by atoms with Crippen LogP contribution in [-0.4, -0.2) is 42.4 Å². The van der Waals surface area contributed by atoms with Crippen molar-refractivity contribution >= 4 is 16.9 Å². The zero-order chi connectivity index (χ0) is 21.3. The maximum Gasteiger partial charge on any atom is 0.244 e. The molecule has 0 N–H and O–H groups in total. The van der Waals surface area contributed by atoms with E-state index in [-0.39, 0.29) is 12.5 Å². The highest BCUT2D eigenvalue weighted by Gasteiger charge is 2.18. The van der Waals surface area contributed by atoms with E-state index in [0.717, 1.165) is 40.1 Å². The third kappa shape index (κ3) is 3.83. The van der Waals surface area contributed by atoms with Gasteiger partial charge in [0.1, 0.15) is 6.54 Å². The summed E-state index contributed by atoms with van der Waals surface area (Å²) in [6.45, 7) is 7.49. The van der Waals surface area contributed by atoms with Crippen molar-refractivity contribution in [1.82, 2.24) is 29.4 Å². The highest BCUT2D eigenvalue weighted by Crippen LogP contribution is 2.30. The van der Waals surface area contributed by atoms with Gasteiger partial charge in [-0.05, 0) is 44.0 Å². The van der Waals surface area contributed by atoms with Crippen LogP contribution in [0.1, 0.15) is 23.9 Å². The minimum atomic E-state index is -0.0343. The third-order valence-electron chi connectivity index (χ3n) is 5.30. The van der Waals surface area contributed by atoms with E-state index < -0.39 is 0 Å². The Labute approximate surface area is 176 Å². The van der Waals surface area contributed by atoms with Crippen LogP contribution in [0.25, 0.3) is 22.2 Å². The highest BCUT2D eigenvalue weighted by atomic mass is 16.2. The van der Waals surface area contributed by atoms with Gasteiger partial charge in [0.15, 0.2) is 5.65 Å². The summed E-state index contributed by atoms with van der Waals surface area (Å²) in [5, 5.41) is 10.1. The minimum Gasteiger partial charge on any atom is -0.338 e. The number of amides is 1. The number of fused-ring (bicyclic) bond motifs is 1. The normalized spacial score (nSPS) is 11.2. The van der Waals surface area contributed by atoms with Crippen molar-refractivity contribution in [2.75, 3.05) is 7.05 Å². The quantitative estimate of drug-likeness (QED) is 0.494. The molecule has 30 heavy (non-hydrogen) atoms. The molecule has 4 rings (SSSR count). The molecule has 0 radical (unpaired) electrons. The molecule has 154 valence electrons. The van der Waals surface area contributed by atoms with Crippen molar-refractivity contribution in [2.45, 2.75) is 40.4 Å². The number of hydrogen-bond donors (Lipinski definition) is 0. The number of aryl methyl sites for hydroxylation is 3. The van der Waals surface area contributed by atoms with Crippen molar-refractivity contribution in [1.29, 1.82) is 0 Å². The van der Waals surface area contributed by atoms with Crippen LogP contribution in [0.4, 0.5) is 0 Å². The molecule has 0 aliphatic rings. The number of aromatic nitrogens is 5. The van der Waals surface area contributed by atoms with Gasteiger partial charge in [-0.2, -0.15) is 10.2 Å². The van der Waals surface area contributed by atoms with Crippen molar-refractivity contribution in [3.63, 3.8) is 0 Å². The Kier molecular flexibility index (Phi) is 5.35. The Bertz CT molecular complexity index is 1190. The van der Waals surface area contributed by atoms with Gasteiger partial charge in [0.25, 0.3) is 0 Å². The van der Waals surface area contributed by atoms with E-state index in [1.54, 1.807) is 22.8 Å². The predicted octanol–water partition coefficient (Wildman–Crippen LogP) is 3.59. The molecule has 7 nitrogen and oxygen atoms in total. The average Bonchev–Trinajstić information content (AvgIpc) is 3.33. The van der Waals surface area contributed by atoms with Crippen LogP contribution in [0.15, 0.2) is 48.8 Å². The number of benzene rings is 1. The number of nitrogens with zero attached hydrogens (tertiary/aromatic N) is 6. The summed E-state index contributed by atoms with van der Waals surface area (Å²) in [4.78, 5) is 19.0. The topological polar surface area (TPSA) is 68.8 Å². The van der Waals surface area contributed by atoms with Gasteiger partial charge in [-0.25, -0.2) is 9.67 Å². The molecule has 1 aromatic carbocycles. The first-order valence-corrected chi connectivity index (χ1v) is 10.1. The van der Waals surface area contributed by atoms with E-state index in [9.17, 15) is 4.79 Å². The molecule has 0 aliphatic carbocycles. The molecule has 0 aliphatic heterocycles. The molecular weight excluding hydrogens is 376 g/mol. The molecule has 0 atom stereocenters. The molecule has 0 saturated heterocycles. The molecule has 0 saturated carbocycles. The van der Waals surface area contributed by atoms with Crippen molar-refractivity contribution in [2.24, 2.45) is 0 Å².